The van der Waals surface area contributed by atoms with Crippen molar-refractivity contribution in [3.63, 3.8) is 0 Å². The Morgan fingerprint density at radius 1 is 0.524 bits per heavy atom. The molecule has 1 aromatic heterocycles. The van der Waals surface area contributed by atoms with Crippen molar-refractivity contribution in [3.8, 4) is 0 Å². The fourth-order valence-corrected chi connectivity index (χ4v) is 9.03. The van der Waals surface area contributed by atoms with E-state index in [4.69, 9.17) is 9.97 Å². The second-order valence-electron chi connectivity index (χ2n) is 14.5. The number of nitrogens with one attached hydrogen (secondary N) is 2. The summed E-state index contributed by atoms with van der Waals surface area (Å²) in [7, 11) is 0. The minimum Gasteiger partial charge on any atom is -0.343 e. The van der Waals surface area contributed by atoms with E-state index >= 15 is 0 Å². The summed E-state index contributed by atoms with van der Waals surface area (Å²) < 4.78 is 4.99. The minimum atomic E-state index is 0.292. The van der Waals surface area contributed by atoms with Gasteiger partial charge in [0.1, 0.15) is 58.2 Å². The van der Waals surface area contributed by atoms with Crippen LogP contribution in [0.1, 0.15) is 5.82 Å². The van der Waals surface area contributed by atoms with E-state index in [2.05, 4.69) is 20.4 Å². The van der Waals surface area contributed by atoms with Crippen molar-refractivity contribution in [1.29, 1.82) is 0 Å². The van der Waals surface area contributed by atoms with Crippen LogP contribution in [-0.4, -0.2) is 195 Å². The van der Waals surface area contributed by atoms with Crippen LogP contribution in [0, 0.1) is 6.92 Å². The number of hydrogen-bond acceptors (Lipinski definition) is 9. The van der Waals surface area contributed by atoms with Gasteiger partial charge in [-0.15, -0.1) is 5.23 Å². The molecule has 0 atom stereocenters. The molecule has 42 heavy (non-hydrogen) atoms. The van der Waals surface area contributed by atoms with E-state index in [1.54, 1.807) is 0 Å². The van der Waals surface area contributed by atoms with Gasteiger partial charge in [0, 0.05) is 26.2 Å². The topological polar surface area (TPSA) is 100 Å². The highest BCUT2D eigenvalue weighted by molar-refractivity contribution is 5.78. The van der Waals surface area contributed by atoms with Crippen molar-refractivity contribution in [1.82, 2.24) is 20.6 Å². The third-order valence-corrected chi connectivity index (χ3v) is 12.4. The van der Waals surface area contributed by atoms with Gasteiger partial charge in [-0.2, -0.15) is 0 Å². The van der Waals surface area contributed by atoms with Crippen LogP contribution in [0.4, 0.5) is 17.3 Å². The number of rotatable bonds is 3. The van der Waals surface area contributed by atoms with Gasteiger partial charge in [-0.3, -0.25) is 10.4 Å². The highest BCUT2D eigenvalue weighted by atomic mass is 16.8. The lowest BCUT2D eigenvalue weighted by atomic mass is 10.1. The van der Waals surface area contributed by atoms with Crippen molar-refractivity contribution in [2.24, 2.45) is 0 Å². The van der Waals surface area contributed by atoms with Crippen LogP contribution in [0.3, 0.4) is 0 Å². The normalized spacial score (nSPS) is 28.5. The summed E-state index contributed by atoms with van der Waals surface area (Å²) >= 11 is 0. The summed E-state index contributed by atoms with van der Waals surface area (Å²) in [5, 5.41) is 28.4. The SMILES string of the molecule is Cc1nc(N2CC[N+]3(CC2)CC[N+]2(CCNCC2)CC3)c(N(O)O)c(N2CC[N+]3(CC2)CC[N+]2(CCNCC2)CC3)n1. The zero-order valence-corrected chi connectivity index (χ0v) is 25.9. The number of hydrogen-bond donors (Lipinski definition) is 4. The summed E-state index contributed by atoms with van der Waals surface area (Å²) in [6.45, 7) is 29.7. The van der Waals surface area contributed by atoms with E-state index in [-0.39, 0.29) is 0 Å². The lowest BCUT2D eigenvalue weighted by Gasteiger charge is -2.53. The Labute approximate surface area is 251 Å². The van der Waals surface area contributed by atoms with E-state index in [9.17, 15) is 10.4 Å². The average Bonchev–Trinajstić information content (AvgIpc) is 3.02. The number of aryl methyl sites for hydroxylation is 1. The molecule has 6 aliphatic rings. The fraction of sp³-hybridized carbons (Fsp3) is 0.862. The summed E-state index contributed by atoms with van der Waals surface area (Å²) in [5.74, 6) is 2.03. The molecule has 7 rings (SSSR count). The molecule has 0 amide bonds. The Hall–Kier alpha value is -1.84. The fourth-order valence-electron chi connectivity index (χ4n) is 9.03. The molecular weight excluding hydrogens is 534 g/mol. The molecule has 6 aliphatic heterocycles. The van der Waals surface area contributed by atoms with E-state index in [1.165, 1.54) is 96.5 Å². The van der Waals surface area contributed by atoms with Crippen LogP contribution in [0.5, 0.6) is 0 Å². The first-order valence-corrected chi connectivity index (χ1v) is 16.7. The summed E-state index contributed by atoms with van der Waals surface area (Å²) in [6.07, 6.45) is 0. The second kappa shape index (κ2) is 11.3. The van der Waals surface area contributed by atoms with Gasteiger partial charge in [-0.1, -0.05) is 0 Å². The van der Waals surface area contributed by atoms with Gasteiger partial charge in [-0.05, 0) is 6.92 Å². The molecule has 4 spiro atoms. The predicted molar refractivity (Wildman–Crippen MR) is 162 cm³/mol. The molecule has 0 saturated carbocycles. The standard InChI is InChI=1S/C29H55N11O2/c1-26-32-28(34-6-14-39(15-7-34)22-18-37(19-23-39)10-2-30-3-11-37)27(36(41)42)29(33-26)35-8-16-40(17-9-35)24-20-38(21-25-40)12-4-31-5-13-38/h30-31,41-42H,2-25H2,1H3/q+4. The van der Waals surface area contributed by atoms with Crippen molar-refractivity contribution in [2.75, 3.05) is 172 Å². The predicted octanol–water partition coefficient (Wildman–Crippen LogP) is -1.49. The van der Waals surface area contributed by atoms with Gasteiger partial charge < -0.3 is 38.4 Å². The third-order valence-electron chi connectivity index (χ3n) is 12.4. The molecule has 0 bridgehead atoms. The zero-order chi connectivity index (χ0) is 28.8. The third kappa shape index (κ3) is 5.47. The average molecular weight is 590 g/mol. The lowest BCUT2D eigenvalue weighted by molar-refractivity contribution is -1.03. The molecule has 0 radical (unpaired) electrons. The first-order chi connectivity index (χ1) is 20.3. The molecule has 13 heteroatoms. The van der Waals surface area contributed by atoms with Crippen LogP contribution < -0.4 is 25.7 Å². The van der Waals surface area contributed by atoms with Crippen LogP contribution in [0.25, 0.3) is 0 Å². The van der Waals surface area contributed by atoms with Gasteiger partial charge in [0.25, 0.3) is 0 Å². The van der Waals surface area contributed by atoms with Crippen LogP contribution in [0.2, 0.25) is 0 Å². The van der Waals surface area contributed by atoms with Gasteiger partial charge in [0.2, 0.25) is 0 Å². The Morgan fingerprint density at radius 2 is 0.833 bits per heavy atom. The summed E-state index contributed by atoms with van der Waals surface area (Å²) in [5.41, 5.74) is 0.343. The Balaban J connectivity index is 1.02. The Bertz CT molecular complexity index is 1000. The summed E-state index contributed by atoms with van der Waals surface area (Å²) in [4.78, 5) is 14.2. The van der Waals surface area contributed by atoms with Crippen molar-refractivity contribution in [3.05, 3.63) is 5.82 Å². The van der Waals surface area contributed by atoms with Crippen LogP contribution >= 0.6 is 0 Å². The maximum absolute atomic E-state index is 10.5. The van der Waals surface area contributed by atoms with E-state index in [0.717, 1.165) is 78.5 Å². The highest BCUT2D eigenvalue weighted by Crippen LogP contribution is 2.37. The summed E-state index contributed by atoms with van der Waals surface area (Å²) in [6, 6.07) is 0. The zero-order valence-electron chi connectivity index (χ0n) is 25.9. The maximum Gasteiger partial charge on any atom is 0.179 e. The molecule has 1 aromatic rings. The molecule has 4 N–H and O–H groups in total. The molecule has 0 aliphatic carbocycles. The van der Waals surface area contributed by atoms with Gasteiger partial charge in [0.05, 0.1) is 78.5 Å². The second-order valence-corrected chi connectivity index (χ2v) is 14.5. The highest BCUT2D eigenvalue weighted by Gasteiger charge is 2.46. The molecule has 7 heterocycles. The molecule has 0 aromatic carbocycles. The molecular formula is C29H55N11O2+4. The lowest BCUT2D eigenvalue weighted by Crippen LogP contribution is -2.73. The number of anilines is 3. The molecule has 234 valence electrons. The number of quaternary nitrogens is 4. The van der Waals surface area contributed by atoms with Crippen molar-refractivity contribution >= 4 is 17.3 Å². The number of piperazine rings is 6. The molecule has 6 saturated heterocycles. The number of nitrogens with zero attached hydrogens (tertiary/aromatic N) is 9. The molecule has 13 nitrogen and oxygen atoms in total. The van der Waals surface area contributed by atoms with E-state index in [1.807, 2.05) is 6.92 Å². The first-order valence-electron chi connectivity index (χ1n) is 16.7. The Morgan fingerprint density at radius 3 is 1.14 bits per heavy atom. The molecule has 6 fully saturated rings. The van der Waals surface area contributed by atoms with Crippen molar-refractivity contribution in [2.45, 2.75) is 6.92 Å². The minimum absolute atomic E-state index is 0.292. The monoisotopic (exact) mass is 589 g/mol. The van der Waals surface area contributed by atoms with Gasteiger partial charge >= 0.3 is 0 Å². The quantitative estimate of drug-likeness (QED) is 0.248. The smallest absolute Gasteiger partial charge is 0.179 e. The van der Waals surface area contributed by atoms with Crippen LogP contribution in [0.15, 0.2) is 0 Å². The van der Waals surface area contributed by atoms with E-state index < -0.39 is 0 Å². The Kier molecular flexibility index (Phi) is 7.75. The largest absolute Gasteiger partial charge is 0.343 e. The van der Waals surface area contributed by atoms with Crippen molar-refractivity contribution < 1.29 is 28.3 Å². The number of aromatic nitrogens is 2. The van der Waals surface area contributed by atoms with Crippen LogP contribution in [-0.2, 0) is 0 Å². The van der Waals surface area contributed by atoms with Gasteiger partial charge in [0.15, 0.2) is 17.3 Å². The van der Waals surface area contributed by atoms with Gasteiger partial charge in [-0.25, -0.2) is 9.97 Å². The van der Waals surface area contributed by atoms with E-state index in [0.29, 0.717) is 28.4 Å². The molecule has 0 unspecified atom stereocenters. The maximum atomic E-state index is 10.5. The first kappa shape index (κ1) is 28.9.